The molecule has 2 aliphatic heterocycles. The first kappa shape index (κ1) is 14.6. The van der Waals surface area contributed by atoms with Gasteiger partial charge in [-0.2, -0.15) is 0 Å². The molecule has 0 unspecified atom stereocenters. The van der Waals surface area contributed by atoms with Crippen molar-refractivity contribution in [3.63, 3.8) is 0 Å². The third-order valence-electron chi connectivity index (χ3n) is 5.97. The van der Waals surface area contributed by atoms with Gasteiger partial charge in [0.25, 0.3) is 0 Å². The highest BCUT2D eigenvalue weighted by molar-refractivity contribution is 5.22. The summed E-state index contributed by atoms with van der Waals surface area (Å²) >= 11 is 0. The number of rotatable bonds is 3. The molecule has 1 saturated carbocycles. The van der Waals surface area contributed by atoms with E-state index < -0.39 is 0 Å². The molecule has 3 fully saturated rings. The topological polar surface area (TPSA) is 57.4 Å². The van der Waals surface area contributed by atoms with Gasteiger partial charge in [-0.3, -0.25) is 0 Å². The lowest BCUT2D eigenvalue weighted by atomic mass is 9.94. The maximum absolute atomic E-state index is 6.13. The maximum atomic E-state index is 6.13. The number of nitrogens with zero attached hydrogens (tertiary/aromatic N) is 2. The Labute approximate surface area is 141 Å². The lowest BCUT2D eigenvalue weighted by molar-refractivity contribution is 0.0545. The number of hydrogen-bond acceptors (Lipinski definition) is 5. The molecule has 1 aliphatic carbocycles. The van der Waals surface area contributed by atoms with Crippen LogP contribution in [0.25, 0.3) is 0 Å². The lowest BCUT2D eigenvalue weighted by Crippen LogP contribution is -2.18. The molecule has 126 valence electrons. The molecule has 2 saturated heterocycles. The van der Waals surface area contributed by atoms with E-state index in [1.54, 1.807) is 0 Å². The molecule has 0 bridgehead atoms. The third-order valence-corrected chi connectivity index (χ3v) is 5.97. The summed E-state index contributed by atoms with van der Waals surface area (Å²) in [5.41, 5.74) is 1.56. The highest BCUT2D eigenvalue weighted by Gasteiger charge is 2.57. The Bertz CT molecular complexity index is 708. The molecule has 0 N–H and O–H groups in total. The molecule has 5 nitrogen and oxygen atoms in total. The van der Waals surface area contributed by atoms with Gasteiger partial charge >= 0.3 is 0 Å². The standard InChI is InChI=1S/C19H22N2O3/c1-2-4-13(5-3-1)16-14(6-9-23-16)17-20-21-18(24-17)15-12-19(15)7-10-22-11-8-19/h1-5,14-16H,6-12H2/t14-,15+,16+/m0/s1. The molecular weight excluding hydrogens is 304 g/mol. The van der Waals surface area contributed by atoms with Crippen LogP contribution in [0, 0.1) is 5.41 Å². The predicted octanol–water partition coefficient (Wildman–Crippen LogP) is 3.60. The first-order valence-electron chi connectivity index (χ1n) is 8.93. The van der Waals surface area contributed by atoms with E-state index in [0.717, 1.165) is 50.9 Å². The summed E-state index contributed by atoms with van der Waals surface area (Å²) in [4.78, 5) is 0. The normalized spacial score (nSPS) is 31.4. The minimum Gasteiger partial charge on any atom is -0.425 e. The zero-order valence-electron chi connectivity index (χ0n) is 13.7. The lowest BCUT2D eigenvalue weighted by Gasteiger charge is -2.21. The van der Waals surface area contributed by atoms with Crippen molar-refractivity contribution in [1.82, 2.24) is 10.2 Å². The molecule has 5 heteroatoms. The van der Waals surface area contributed by atoms with Crippen molar-refractivity contribution in [2.75, 3.05) is 19.8 Å². The van der Waals surface area contributed by atoms with Crippen LogP contribution in [0.5, 0.6) is 0 Å². The smallest absolute Gasteiger partial charge is 0.222 e. The van der Waals surface area contributed by atoms with Gasteiger partial charge in [-0.1, -0.05) is 30.3 Å². The Hall–Kier alpha value is -1.72. The van der Waals surface area contributed by atoms with Crippen LogP contribution in [0.2, 0.25) is 0 Å². The first-order valence-corrected chi connectivity index (χ1v) is 8.93. The van der Waals surface area contributed by atoms with Crippen LogP contribution in [-0.4, -0.2) is 30.0 Å². The molecule has 1 spiro atoms. The second-order valence-electron chi connectivity index (χ2n) is 7.31. The Morgan fingerprint density at radius 2 is 1.75 bits per heavy atom. The summed E-state index contributed by atoms with van der Waals surface area (Å²) in [6, 6.07) is 10.3. The monoisotopic (exact) mass is 326 g/mol. The molecule has 5 rings (SSSR count). The first-order chi connectivity index (χ1) is 11.9. The van der Waals surface area contributed by atoms with Crippen LogP contribution in [0.4, 0.5) is 0 Å². The van der Waals surface area contributed by atoms with E-state index in [4.69, 9.17) is 13.9 Å². The Morgan fingerprint density at radius 1 is 0.958 bits per heavy atom. The molecule has 3 heterocycles. The van der Waals surface area contributed by atoms with Gasteiger partial charge in [0, 0.05) is 25.7 Å². The molecule has 0 amide bonds. The quantitative estimate of drug-likeness (QED) is 0.862. The average Bonchev–Trinajstić information content (AvgIpc) is 3.03. The minimum absolute atomic E-state index is 0.0238. The van der Waals surface area contributed by atoms with Gasteiger partial charge in [-0.05, 0) is 36.7 Å². The fraction of sp³-hybridized carbons (Fsp3) is 0.579. The summed E-state index contributed by atoms with van der Waals surface area (Å²) < 4.78 is 17.6. The van der Waals surface area contributed by atoms with Gasteiger partial charge < -0.3 is 13.9 Å². The molecule has 3 aliphatic rings. The van der Waals surface area contributed by atoms with Crippen molar-refractivity contribution in [2.24, 2.45) is 5.41 Å². The minimum atomic E-state index is 0.0238. The molecule has 1 aromatic carbocycles. The maximum Gasteiger partial charge on any atom is 0.222 e. The van der Waals surface area contributed by atoms with E-state index in [2.05, 4.69) is 22.3 Å². The van der Waals surface area contributed by atoms with Crippen molar-refractivity contribution in [3.05, 3.63) is 47.7 Å². The van der Waals surface area contributed by atoms with E-state index in [-0.39, 0.29) is 12.0 Å². The zero-order valence-corrected chi connectivity index (χ0v) is 13.7. The fourth-order valence-electron chi connectivity index (χ4n) is 4.38. The fourth-order valence-corrected chi connectivity index (χ4v) is 4.38. The number of hydrogen-bond donors (Lipinski definition) is 0. The Balaban J connectivity index is 1.36. The van der Waals surface area contributed by atoms with Gasteiger partial charge in [0.15, 0.2) is 0 Å². The molecule has 24 heavy (non-hydrogen) atoms. The van der Waals surface area contributed by atoms with E-state index >= 15 is 0 Å². The van der Waals surface area contributed by atoms with Crippen LogP contribution >= 0.6 is 0 Å². The van der Waals surface area contributed by atoms with Gasteiger partial charge in [-0.25, -0.2) is 0 Å². The average molecular weight is 326 g/mol. The summed E-state index contributed by atoms with van der Waals surface area (Å²) in [5.74, 6) is 2.16. The summed E-state index contributed by atoms with van der Waals surface area (Å²) in [7, 11) is 0. The molecular formula is C19H22N2O3. The van der Waals surface area contributed by atoms with Crippen molar-refractivity contribution in [1.29, 1.82) is 0 Å². The van der Waals surface area contributed by atoms with Crippen LogP contribution < -0.4 is 0 Å². The molecule has 2 aromatic rings. The summed E-state index contributed by atoms with van der Waals surface area (Å²) in [6.45, 7) is 2.47. The zero-order chi connectivity index (χ0) is 16.0. The van der Waals surface area contributed by atoms with E-state index in [1.165, 1.54) is 12.0 Å². The highest BCUT2D eigenvalue weighted by Crippen LogP contribution is 2.64. The Morgan fingerprint density at radius 3 is 2.58 bits per heavy atom. The van der Waals surface area contributed by atoms with Gasteiger partial charge in [0.1, 0.15) is 0 Å². The van der Waals surface area contributed by atoms with Crippen LogP contribution in [-0.2, 0) is 9.47 Å². The highest BCUT2D eigenvalue weighted by atomic mass is 16.5. The molecule has 0 radical (unpaired) electrons. The number of benzene rings is 1. The van der Waals surface area contributed by atoms with Crippen molar-refractivity contribution in [2.45, 2.75) is 43.6 Å². The van der Waals surface area contributed by atoms with E-state index in [0.29, 0.717) is 11.3 Å². The van der Waals surface area contributed by atoms with E-state index in [9.17, 15) is 0 Å². The van der Waals surface area contributed by atoms with Crippen LogP contribution in [0.15, 0.2) is 34.7 Å². The third kappa shape index (κ3) is 2.38. The van der Waals surface area contributed by atoms with Crippen molar-refractivity contribution < 1.29 is 13.9 Å². The summed E-state index contributed by atoms with van der Waals surface area (Å²) in [5, 5.41) is 8.77. The number of aromatic nitrogens is 2. The second-order valence-corrected chi connectivity index (χ2v) is 7.31. The van der Waals surface area contributed by atoms with Crippen LogP contribution in [0.3, 0.4) is 0 Å². The van der Waals surface area contributed by atoms with E-state index in [1.807, 2.05) is 18.2 Å². The van der Waals surface area contributed by atoms with Crippen molar-refractivity contribution >= 4 is 0 Å². The SMILES string of the molecule is c1ccc([C@H]2OCC[C@@H]2c2nnc([C@H]3CC34CCOCC4)o2)cc1. The van der Waals surface area contributed by atoms with Gasteiger partial charge in [0.05, 0.1) is 12.0 Å². The second kappa shape index (κ2) is 5.67. The summed E-state index contributed by atoms with van der Waals surface area (Å²) in [6.07, 6.45) is 4.37. The molecule has 3 atom stereocenters. The molecule has 1 aromatic heterocycles. The van der Waals surface area contributed by atoms with Gasteiger partial charge in [0.2, 0.25) is 11.8 Å². The number of ether oxygens (including phenoxy) is 2. The van der Waals surface area contributed by atoms with Crippen LogP contribution in [0.1, 0.15) is 61.0 Å². The van der Waals surface area contributed by atoms with Gasteiger partial charge in [-0.15, -0.1) is 10.2 Å². The predicted molar refractivity (Wildman–Crippen MR) is 86.6 cm³/mol. The Kier molecular flexibility index (Phi) is 3.45. The largest absolute Gasteiger partial charge is 0.425 e. The van der Waals surface area contributed by atoms with Crippen molar-refractivity contribution in [3.8, 4) is 0 Å².